The van der Waals surface area contributed by atoms with E-state index < -0.39 is 0 Å². The highest BCUT2D eigenvalue weighted by Crippen LogP contribution is 2.36. The fourth-order valence-electron chi connectivity index (χ4n) is 2.49. The van der Waals surface area contributed by atoms with Crippen molar-refractivity contribution in [2.75, 3.05) is 19.9 Å². The van der Waals surface area contributed by atoms with Crippen LogP contribution in [0.15, 0.2) is 36.7 Å². The number of carbonyl (C=O) groups is 1. The Morgan fingerprint density at radius 2 is 1.76 bits per heavy atom. The van der Waals surface area contributed by atoms with Crippen LogP contribution in [0.4, 0.5) is 0 Å². The van der Waals surface area contributed by atoms with E-state index >= 15 is 0 Å². The lowest BCUT2D eigenvalue weighted by atomic mass is 10.1. The van der Waals surface area contributed by atoms with E-state index in [0.29, 0.717) is 30.2 Å². The molecule has 1 amide bonds. The number of amides is 1. The average Bonchev–Trinajstić information content (AvgIpc) is 3.17. The van der Waals surface area contributed by atoms with E-state index in [1.54, 1.807) is 11.0 Å². The van der Waals surface area contributed by atoms with Crippen molar-refractivity contribution in [3.63, 3.8) is 0 Å². The molecule has 1 aliphatic heterocycles. The SMILES string of the molecule is CCN(CC)C(=O)c1cc2c(cc1-n1cccc1)OCO2. The molecule has 0 N–H and O–H groups in total. The van der Waals surface area contributed by atoms with Crippen LogP contribution in [0.1, 0.15) is 24.2 Å². The van der Waals surface area contributed by atoms with Gasteiger partial charge < -0.3 is 18.9 Å². The molecule has 5 nitrogen and oxygen atoms in total. The zero-order chi connectivity index (χ0) is 14.8. The lowest BCUT2D eigenvalue weighted by molar-refractivity contribution is 0.0772. The zero-order valence-electron chi connectivity index (χ0n) is 12.2. The van der Waals surface area contributed by atoms with Gasteiger partial charge in [0.2, 0.25) is 6.79 Å². The van der Waals surface area contributed by atoms with Crippen LogP contribution in [0, 0.1) is 0 Å². The van der Waals surface area contributed by atoms with Crippen LogP contribution in [-0.4, -0.2) is 35.3 Å². The number of benzene rings is 1. The molecule has 0 atom stereocenters. The minimum Gasteiger partial charge on any atom is -0.454 e. The van der Waals surface area contributed by atoms with Crippen molar-refractivity contribution in [1.29, 1.82) is 0 Å². The second kappa shape index (κ2) is 5.52. The predicted molar refractivity (Wildman–Crippen MR) is 79.1 cm³/mol. The van der Waals surface area contributed by atoms with Crippen molar-refractivity contribution in [1.82, 2.24) is 9.47 Å². The van der Waals surface area contributed by atoms with Crippen LogP contribution in [0.3, 0.4) is 0 Å². The molecule has 0 spiro atoms. The Morgan fingerprint density at radius 1 is 1.14 bits per heavy atom. The van der Waals surface area contributed by atoms with Gasteiger partial charge in [-0.25, -0.2) is 0 Å². The molecule has 21 heavy (non-hydrogen) atoms. The summed E-state index contributed by atoms with van der Waals surface area (Å²) in [6, 6.07) is 7.49. The van der Waals surface area contributed by atoms with Gasteiger partial charge in [-0.1, -0.05) is 0 Å². The number of hydrogen-bond donors (Lipinski definition) is 0. The van der Waals surface area contributed by atoms with E-state index in [-0.39, 0.29) is 12.7 Å². The van der Waals surface area contributed by atoms with E-state index in [0.717, 1.165) is 5.69 Å². The first kappa shape index (κ1) is 13.5. The van der Waals surface area contributed by atoms with Crippen LogP contribution in [0.5, 0.6) is 11.5 Å². The monoisotopic (exact) mass is 286 g/mol. The summed E-state index contributed by atoms with van der Waals surface area (Å²) in [7, 11) is 0. The second-order valence-electron chi connectivity index (χ2n) is 4.79. The summed E-state index contributed by atoms with van der Waals surface area (Å²) >= 11 is 0. The smallest absolute Gasteiger partial charge is 0.256 e. The molecular formula is C16H18N2O3. The molecule has 0 radical (unpaired) electrons. The van der Waals surface area contributed by atoms with Crippen molar-refractivity contribution in [3.8, 4) is 17.2 Å². The van der Waals surface area contributed by atoms with Gasteiger partial charge in [0.1, 0.15) is 0 Å². The minimum atomic E-state index is 0.00185. The second-order valence-corrected chi connectivity index (χ2v) is 4.79. The van der Waals surface area contributed by atoms with Gasteiger partial charge >= 0.3 is 0 Å². The first-order chi connectivity index (χ1) is 10.2. The van der Waals surface area contributed by atoms with Gasteiger partial charge in [-0.3, -0.25) is 4.79 Å². The molecular weight excluding hydrogens is 268 g/mol. The Bertz CT molecular complexity index is 646. The highest BCUT2D eigenvalue weighted by molar-refractivity contribution is 5.98. The molecule has 2 aromatic rings. The Morgan fingerprint density at radius 3 is 2.38 bits per heavy atom. The minimum absolute atomic E-state index is 0.00185. The van der Waals surface area contributed by atoms with Gasteiger partial charge in [0.25, 0.3) is 5.91 Å². The number of carbonyl (C=O) groups excluding carboxylic acids is 1. The Kier molecular flexibility index (Phi) is 3.56. The standard InChI is InChI=1S/C16H18N2O3/c1-3-17(4-2)16(19)12-9-14-15(21-11-20-14)10-13(12)18-7-5-6-8-18/h5-10H,3-4,11H2,1-2H3. The first-order valence-corrected chi connectivity index (χ1v) is 7.10. The van der Waals surface area contributed by atoms with Crippen molar-refractivity contribution < 1.29 is 14.3 Å². The van der Waals surface area contributed by atoms with Crippen molar-refractivity contribution in [2.24, 2.45) is 0 Å². The van der Waals surface area contributed by atoms with Gasteiger partial charge in [-0.2, -0.15) is 0 Å². The maximum Gasteiger partial charge on any atom is 0.256 e. The number of rotatable bonds is 4. The Hall–Kier alpha value is -2.43. The molecule has 0 aliphatic carbocycles. The maximum absolute atomic E-state index is 12.7. The molecule has 110 valence electrons. The number of aromatic nitrogens is 1. The number of nitrogens with zero attached hydrogens (tertiary/aromatic N) is 2. The zero-order valence-corrected chi connectivity index (χ0v) is 12.2. The number of hydrogen-bond acceptors (Lipinski definition) is 3. The molecule has 0 saturated carbocycles. The fraction of sp³-hybridized carbons (Fsp3) is 0.312. The van der Waals surface area contributed by atoms with Crippen LogP contribution >= 0.6 is 0 Å². The van der Waals surface area contributed by atoms with Gasteiger partial charge in [-0.15, -0.1) is 0 Å². The molecule has 1 aromatic carbocycles. The first-order valence-electron chi connectivity index (χ1n) is 7.10. The van der Waals surface area contributed by atoms with Gasteiger partial charge in [0, 0.05) is 31.5 Å². The third-order valence-corrected chi connectivity index (χ3v) is 3.65. The third kappa shape index (κ3) is 2.35. The third-order valence-electron chi connectivity index (χ3n) is 3.65. The molecule has 0 fully saturated rings. The van der Waals surface area contributed by atoms with E-state index in [2.05, 4.69) is 0 Å². The fourth-order valence-corrected chi connectivity index (χ4v) is 2.49. The molecule has 5 heteroatoms. The number of ether oxygens (including phenoxy) is 2. The molecule has 3 rings (SSSR count). The van der Waals surface area contributed by atoms with E-state index in [4.69, 9.17) is 9.47 Å². The summed E-state index contributed by atoms with van der Waals surface area (Å²) < 4.78 is 12.7. The maximum atomic E-state index is 12.7. The van der Waals surface area contributed by atoms with Crippen LogP contribution < -0.4 is 9.47 Å². The molecule has 2 heterocycles. The molecule has 0 unspecified atom stereocenters. The van der Waals surface area contributed by atoms with Gasteiger partial charge in [-0.05, 0) is 32.0 Å². The highest BCUT2D eigenvalue weighted by atomic mass is 16.7. The molecule has 1 aromatic heterocycles. The van der Waals surface area contributed by atoms with Crippen LogP contribution in [-0.2, 0) is 0 Å². The topological polar surface area (TPSA) is 43.7 Å². The van der Waals surface area contributed by atoms with E-state index in [1.807, 2.05) is 49.0 Å². The van der Waals surface area contributed by atoms with Crippen molar-refractivity contribution >= 4 is 5.91 Å². The number of fused-ring (bicyclic) bond motifs is 1. The quantitative estimate of drug-likeness (QED) is 0.868. The summed E-state index contributed by atoms with van der Waals surface area (Å²) in [5, 5.41) is 0. The predicted octanol–water partition coefficient (Wildman–Crippen LogP) is 2.69. The summed E-state index contributed by atoms with van der Waals surface area (Å²) in [5.74, 6) is 1.30. The largest absolute Gasteiger partial charge is 0.454 e. The lowest BCUT2D eigenvalue weighted by Gasteiger charge is -2.21. The average molecular weight is 286 g/mol. The Labute approximate surface area is 123 Å². The van der Waals surface area contributed by atoms with Gasteiger partial charge in [0.15, 0.2) is 11.5 Å². The van der Waals surface area contributed by atoms with Crippen LogP contribution in [0.25, 0.3) is 5.69 Å². The van der Waals surface area contributed by atoms with Crippen molar-refractivity contribution in [2.45, 2.75) is 13.8 Å². The van der Waals surface area contributed by atoms with E-state index in [1.165, 1.54) is 0 Å². The summed E-state index contributed by atoms with van der Waals surface area (Å²) in [5.41, 5.74) is 1.43. The van der Waals surface area contributed by atoms with E-state index in [9.17, 15) is 4.79 Å². The lowest BCUT2D eigenvalue weighted by Crippen LogP contribution is -2.31. The Balaban J connectivity index is 2.11. The summed E-state index contributed by atoms with van der Waals surface area (Å²) in [6.07, 6.45) is 3.83. The van der Waals surface area contributed by atoms with Crippen molar-refractivity contribution in [3.05, 3.63) is 42.2 Å². The summed E-state index contributed by atoms with van der Waals surface area (Å²) in [6.45, 7) is 5.50. The van der Waals surface area contributed by atoms with Crippen LogP contribution in [0.2, 0.25) is 0 Å². The molecule has 0 saturated heterocycles. The molecule has 1 aliphatic rings. The summed E-state index contributed by atoms with van der Waals surface area (Å²) in [4.78, 5) is 14.5. The normalized spacial score (nSPS) is 12.5. The van der Waals surface area contributed by atoms with Gasteiger partial charge in [0.05, 0.1) is 11.3 Å². The molecule has 0 bridgehead atoms. The highest BCUT2D eigenvalue weighted by Gasteiger charge is 2.23.